The van der Waals surface area contributed by atoms with Crippen LogP contribution in [0.3, 0.4) is 0 Å². The van der Waals surface area contributed by atoms with Crippen LogP contribution in [0.15, 0.2) is 34.7 Å². The molecule has 0 aliphatic heterocycles. The number of alkyl halides is 3. The molecule has 0 spiro atoms. The van der Waals surface area contributed by atoms with Gasteiger partial charge in [-0.2, -0.15) is 13.2 Å². The van der Waals surface area contributed by atoms with E-state index in [0.717, 1.165) is 18.2 Å². The third-order valence-electron chi connectivity index (χ3n) is 3.29. The van der Waals surface area contributed by atoms with Crippen LogP contribution >= 0.6 is 0 Å². The van der Waals surface area contributed by atoms with Crippen LogP contribution in [0, 0.1) is 0 Å². The van der Waals surface area contributed by atoms with Gasteiger partial charge in [0.2, 0.25) is 0 Å². The van der Waals surface area contributed by atoms with Crippen LogP contribution < -0.4 is 5.32 Å². The summed E-state index contributed by atoms with van der Waals surface area (Å²) in [5, 5.41) is 11.4. The molecular formula is C16H14F3NO4. The van der Waals surface area contributed by atoms with Gasteiger partial charge in [0.05, 0.1) is 5.56 Å². The third kappa shape index (κ3) is 3.95. The number of aromatic carboxylic acids is 1. The van der Waals surface area contributed by atoms with Crippen molar-refractivity contribution >= 4 is 11.9 Å². The summed E-state index contributed by atoms with van der Waals surface area (Å²) >= 11 is 0. The number of hydrogen-bond donors (Lipinski definition) is 2. The molecule has 0 radical (unpaired) electrons. The molecule has 1 aromatic carbocycles. The Balaban J connectivity index is 2.10. The van der Waals surface area contributed by atoms with Crippen molar-refractivity contribution in [1.29, 1.82) is 0 Å². The Labute approximate surface area is 135 Å². The van der Waals surface area contributed by atoms with Crippen LogP contribution in [0.2, 0.25) is 0 Å². The first-order valence-corrected chi connectivity index (χ1v) is 7.02. The number of furan rings is 1. The molecule has 0 aliphatic rings. The zero-order chi connectivity index (χ0) is 17.9. The zero-order valence-corrected chi connectivity index (χ0v) is 12.6. The van der Waals surface area contributed by atoms with Gasteiger partial charge in [0.25, 0.3) is 5.91 Å². The topological polar surface area (TPSA) is 79.5 Å². The number of benzene rings is 1. The van der Waals surface area contributed by atoms with Gasteiger partial charge in [-0.15, -0.1) is 0 Å². The molecule has 2 N–H and O–H groups in total. The number of halogens is 3. The highest BCUT2D eigenvalue weighted by Gasteiger charge is 2.30. The van der Waals surface area contributed by atoms with Crippen LogP contribution in [0.5, 0.6) is 0 Å². The summed E-state index contributed by atoms with van der Waals surface area (Å²) in [6, 6.07) is 5.66. The van der Waals surface area contributed by atoms with Crippen LogP contribution in [0.4, 0.5) is 13.2 Å². The minimum absolute atomic E-state index is 0.110. The van der Waals surface area contributed by atoms with E-state index >= 15 is 0 Å². The molecule has 2 aromatic rings. The second-order valence-corrected chi connectivity index (χ2v) is 4.99. The van der Waals surface area contributed by atoms with Crippen molar-refractivity contribution in [3.8, 4) is 0 Å². The SMILES string of the molecule is CCc1oc(C(=O)NCc2cccc(C(F)(F)F)c2)cc1C(=O)O. The van der Waals surface area contributed by atoms with Gasteiger partial charge in [-0.3, -0.25) is 4.79 Å². The Kier molecular flexibility index (Phi) is 4.96. The molecule has 0 bridgehead atoms. The fourth-order valence-corrected chi connectivity index (χ4v) is 2.11. The van der Waals surface area contributed by atoms with Crippen molar-refractivity contribution < 1.29 is 32.3 Å². The molecule has 2 rings (SSSR count). The van der Waals surface area contributed by atoms with E-state index in [-0.39, 0.29) is 29.2 Å². The third-order valence-corrected chi connectivity index (χ3v) is 3.29. The van der Waals surface area contributed by atoms with E-state index in [9.17, 15) is 22.8 Å². The summed E-state index contributed by atoms with van der Waals surface area (Å²) in [6.45, 7) is 1.53. The number of amides is 1. The second kappa shape index (κ2) is 6.77. The van der Waals surface area contributed by atoms with Crippen molar-refractivity contribution in [2.24, 2.45) is 0 Å². The quantitative estimate of drug-likeness (QED) is 0.872. The Morgan fingerprint density at radius 1 is 1.25 bits per heavy atom. The van der Waals surface area contributed by atoms with Crippen LogP contribution in [0.25, 0.3) is 0 Å². The van der Waals surface area contributed by atoms with Gasteiger partial charge in [0.1, 0.15) is 11.3 Å². The highest BCUT2D eigenvalue weighted by molar-refractivity contribution is 5.96. The van der Waals surface area contributed by atoms with Gasteiger partial charge in [-0.05, 0) is 17.7 Å². The Hall–Kier alpha value is -2.77. The molecule has 8 heteroatoms. The maximum Gasteiger partial charge on any atom is 0.416 e. The molecule has 0 unspecified atom stereocenters. The molecule has 1 amide bonds. The largest absolute Gasteiger partial charge is 0.478 e. The highest BCUT2D eigenvalue weighted by atomic mass is 19.4. The van der Waals surface area contributed by atoms with Crippen LogP contribution in [-0.4, -0.2) is 17.0 Å². The predicted octanol–water partition coefficient (Wildman–Crippen LogP) is 3.49. The summed E-state index contributed by atoms with van der Waals surface area (Å²) < 4.78 is 43.1. The first-order valence-electron chi connectivity index (χ1n) is 7.02. The van der Waals surface area contributed by atoms with Crippen molar-refractivity contribution in [3.63, 3.8) is 0 Å². The standard InChI is InChI=1S/C16H14F3NO4/c1-2-12-11(15(22)23)7-13(24-12)14(21)20-8-9-4-3-5-10(6-9)16(17,18)19/h3-7H,2,8H2,1H3,(H,20,21)(H,22,23). The summed E-state index contributed by atoms with van der Waals surface area (Å²) in [7, 11) is 0. The van der Waals surface area contributed by atoms with E-state index in [2.05, 4.69) is 5.32 Å². The van der Waals surface area contributed by atoms with Gasteiger partial charge in [0.15, 0.2) is 5.76 Å². The number of aryl methyl sites for hydroxylation is 1. The summed E-state index contributed by atoms with van der Waals surface area (Å²) in [6.07, 6.45) is -4.17. The molecule has 0 atom stereocenters. The van der Waals surface area contributed by atoms with Gasteiger partial charge >= 0.3 is 12.1 Å². The van der Waals surface area contributed by atoms with Gasteiger partial charge in [0, 0.05) is 19.0 Å². The van der Waals surface area contributed by atoms with Gasteiger partial charge in [-0.25, -0.2) is 4.79 Å². The lowest BCUT2D eigenvalue weighted by Gasteiger charge is -2.09. The maximum atomic E-state index is 12.6. The smallest absolute Gasteiger partial charge is 0.416 e. The first-order chi connectivity index (χ1) is 11.2. The lowest BCUT2D eigenvalue weighted by molar-refractivity contribution is -0.137. The molecule has 0 saturated carbocycles. The number of carbonyl (C=O) groups is 2. The predicted molar refractivity (Wildman–Crippen MR) is 77.7 cm³/mol. The average molecular weight is 341 g/mol. The molecule has 24 heavy (non-hydrogen) atoms. The van der Waals surface area contributed by atoms with E-state index in [0.29, 0.717) is 6.42 Å². The molecule has 1 aromatic heterocycles. The van der Waals surface area contributed by atoms with Gasteiger partial charge < -0.3 is 14.8 Å². The molecule has 0 fully saturated rings. The van der Waals surface area contributed by atoms with E-state index in [1.165, 1.54) is 12.1 Å². The molecule has 0 aliphatic carbocycles. The highest BCUT2D eigenvalue weighted by Crippen LogP contribution is 2.29. The fraction of sp³-hybridized carbons (Fsp3) is 0.250. The van der Waals surface area contributed by atoms with Crippen molar-refractivity contribution in [3.05, 3.63) is 58.5 Å². The molecule has 1 heterocycles. The van der Waals surface area contributed by atoms with Crippen molar-refractivity contribution in [1.82, 2.24) is 5.32 Å². The van der Waals surface area contributed by atoms with E-state index in [4.69, 9.17) is 9.52 Å². The number of carbonyl (C=O) groups excluding carboxylic acids is 1. The number of carboxylic acids is 1. The maximum absolute atomic E-state index is 12.6. The van der Waals surface area contributed by atoms with E-state index in [1.807, 2.05) is 0 Å². The second-order valence-electron chi connectivity index (χ2n) is 4.99. The lowest BCUT2D eigenvalue weighted by atomic mass is 10.1. The Bertz CT molecular complexity index is 765. The van der Waals surface area contributed by atoms with E-state index in [1.54, 1.807) is 6.92 Å². The van der Waals surface area contributed by atoms with E-state index < -0.39 is 23.6 Å². The number of rotatable bonds is 5. The van der Waals surface area contributed by atoms with Crippen molar-refractivity contribution in [2.45, 2.75) is 26.1 Å². The molecule has 5 nitrogen and oxygen atoms in total. The minimum atomic E-state index is -4.46. The number of nitrogens with one attached hydrogen (secondary N) is 1. The van der Waals surface area contributed by atoms with Gasteiger partial charge in [-0.1, -0.05) is 19.1 Å². The lowest BCUT2D eigenvalue weighted by Crippen LogP contribution is -2.22. The summed E-state index contributed by atoms with van der Waals surface area (Å²) in [5.41, 5.74) is -0.658. The minimum Gasteiger partial charge on any atom is -0.478 e. The average Bonchev–Trinajstić information content (AvgIpc) is 2.97. The zero-order valence-electron chi connectivity index (χ0n) is 12.6. The Morgan fingerprint density at radius 3 is 2.50 bits per heavy atom. The molecular weight excluding hydrogens is 327 g/mol. The summed E-state index contributed by atoms with van der Waals surface area (Å²) in [4.78, 5) is 23.0. The van der Waals surface area contributed by atoms with Crippen molar-refractivity contribution in [2.75, 3.05) is 0 Å². The fourth-order valence-electron chi connectivity index (χ4n) is 2.11. The summed E-state index contributed by atoms with van der Waals surface area (Å²) in [5.74, 6) is -1.95. The molecule has 0 saturated heterocycles. The number of carboxylic acid groups (broad SMARTS) is 1. The number of hydrogen-bond acceptors (Lipinski definition) is 3. The van der Waals surface area contributed by atoms with Crippen LogP contribution in [-0.2, 0) is 19.1 Å². The van der Waals surface area contributed by atoms with Crippen LogP contribution in [0.1, 0.15) is 44.7 Å². The monoisotopic (exact) mass is 341 g/mol. The molecule has 128 valence electrons. The normalized spacial score (nSPS) is 11.3. The Morgan fingerprint density at radius 2 is 1.96 bits per heavy atom. The first kappa shape index (κ1) is 17.6.